The van der Waals surface area contributed by atoms with E-state index >= 15 is 0 Å². The SMILES string of the molecule is [C-]#[N+]c1ccc(-c2cc(C(=O)N3CCC(NC(=O)OC(C)(C)C)CC3)sc2-c2ccc(OC)c(F)c2)cc1F. The zero-order chi connectivity index (χ0) is 28.3. The van der Waals surface area contributed by atoms with Crippen LogP contribution in [-0.4, -0.2) is 48.7 Å². The van der Waals surface area contributed by atoms with Gasteiger partial charge >= 0.3 is 6.09 Å². The molecule has 2 heterocycles. The second kappa shape index (κ2) is 11.4. The van der Waals surface area contributed by atoms with Gasteiger partial charge in [-0.3, -0.25) is 4.79 Å². The van der Waals surface area contributed by atoms with E-state index in [9.17, 15) is 18.4 Å². The molecule has 1 saturated heterocycles. The molecule has 0 aliphatic carbocycles. The molecule has 1 aromatic heterocycles. The number of carbonyl (C=O) groups excluding carboxylic acids is 2. The number of piperidine rings is 1. The average molecular weight is 554 g/mol. The number of likely N-dealkylation sites (tertiary alicyclic amines) is 1. The number of ether oxygens (including phenoxy) is 2. The van der Waals surface area contributed by atoms with Gasteiger partial charge < -0.3 is 19.7 Å². The molecule has 0 unspecified atom stereocenters. The number of nitrogens with zero attached hydrogens (tertiary/aromatic N) is 2. The topological polar surface area (TPSA) is 72.2 Å². The lowest BCUT2D eigenvalue weighted by atomic mass is 10.0. The van der Waals surface area contributed by atoms with Crippen molar-refractivity contribution in [2.45, 2.75) is 45.3 Å². The highest BCUT2D eigenvalue weighted by molar-refractivity contribution is 7.18. The summed E-state index contributed by atoms with van der Waals surface area (Å²) >= 11 is 1.19. The Labute approximate surface area is 230 Å². The first-order valence-electron chi connectivity index (χ1n) is 12.4. The number of hydrogen-bond donors (Lipinski definition) is 1. The summed E-state index contributed by atoms with van der Waals surface area (Å²) in [6.07, 6.45) is 0.662. The van der Waals surface area contributed by atoms with E-state index in [-0.39, 0.29) is 23.4 Å². The van der Waals surface area contributed by atoms with Crippen LogP contribution < -0.4 is 10.1 Å². The highest BCUT2D eigenvalue weighted by atomic mass is 32.1. The molecule has 39 heavy (non-hydrogen) atoms. The predicted octanol–water partition coefficient (Wildman–Crippen LogP) is 7.05. The van der Waals surface area contributed by atoms with Crippen molar-refractivity contribution in [3.63, 3.8) is 0 Å². The molecule has 3 aromatic rings. The number of nitrogens with one attached hydrogen (secondary N) is 1. The normalized spacial score (nSPS) is 14.0. The number of halogens is 2. The Bertz CT molecular complexity index is 1430. The Morgan fingerprint density at radius 1 is 1.05 bits per heavy atom. The van der Waals surface area contributed by atoms with E-state index in [0.717, 1.165) is 0 Å². The number of carbonyl (C=O) groups is 2. The van der Waals surface area contributed by atoms with Crippen LogP contribution in [0.5, 0.6) is 5.75 Å². The molecular weight excluding hydrogens is 524 g/mol. The molecule has 204 valence electrons. The minimum absolute atomic E-state index is 0.0865. The first kappa shape index (κ1) is 28.0. The molecular formula is C29H29F2N3O4S. The number of methoxy groups -OCH3 is 1. The summed E-state index contributed by atoms with van der Waals surface area (Å²) in [5.41, 5.74) is 0.848. The van der Waals surface area contributed by atoms with E-state index in [1.54, 1.807) is 43.9 Å². The summed E-state index contributed by atoms with van der Waals surface area (Å²) < 4.78 is 39.4. The average Bonchev–Trinajstić information content (AvgIpc) is 3.33. The zero-order valence-corrected chi connectivity index (χ0v) is 23.0. The van der Waals surface area contributed by atoms with Gasteiger partial charge in [-0.25, -0.2) is 18.4 Å². The molecule has 10 heteroatoms. The maximum absolute atomic E-state index is 14.6. The van der Waals surface area contributed by atoms with Crippen LogP contribution in [-0.2, 0) is 4.74 Å². The van der Waals surface area contributed by atoms with Crippen LogP contribution in [0.25, 0.3) is 26.4 Å². The first-order valence-corrected chi connectivity index (χ1v) is 13.2. The third kappa shape index (κ3) is 6.55. The van der Waals surface area contributed by atoms with E-state index in [1.165, 1.54) is 42.7 Å². The third-order valence-corrected chi connectivity index (χ3v) is 7.41. The van der Waals surface area contributed by atoms with E-state index in [1.807, 2.05) is 0 Å². The highest BCUT2D eigenvalue weighted by Gasteiger charge is 2.28. The van der Waals surface area contributed by atoms with Crippen molar-refractivity contribution in [2.24, 2.45) is 0 Å². The molecule has 2 amide bonds. The van der Waals surface area contributed by atoms with Gasteiger partial charge in [-0.15, -0.1) is 11.3 Å². The van der Waals surface area contributed by atoms with Crippen LogP contribution in [0.3, 0.4) is 0 Å². The molecule has 0 atom stereocenters. The number of benzene rings is 2. The zero-order valence-electron chi connectivity index (χ0n) is 22.1. The Balaban J connectivity index is 1.59. The van der Waals surface area contributed by atoms with Gasteiger partial charge in [-0.2, -0.15) is 0 Å². The summed E-state index contributed by atoms with van der Waals surface area (Å²) in [6, 6.07) is 10.3. The fourth-order valence-electron chi connectivity index (χ4n) is 4.35. The quantitative estimate of drug-likeness (QED) is 0.344. The van der Waals surface area contributed by atoms with Gasteiger partial charge in [-0.05, 0) is 75.1 Å². The van der Waals surface area contributed by atoms with E-state index in [4.69, 9.17) is 16.0 Å². The van der Waals surface area contributed by atoms with Crippen molar-refractivity contribution in [1.29, 1.82) is 0 Å². The Morgan fingerprint density at radius 2 is 1.72 bits per heavy atom. The summed E-state index contributed by atoms with van der Waals surface area (Å²) in [6.45, 7) is 13.4. The van der Waals surface area contributed by atoms with Crippen molar-refractivity contribution in [1.82, 2.24) is 10.2 Å². The monoisotopic (exact) mass is 553 g/mol. The van der Waals surface area contributed by atoms with Crippen molar-refractivity contribution in [3.8, 4) is 27.3 Å². The Morgan fingerprint density at radius 3 is 2.31 bits per heavy atom. The standard InChI is InChI=1S/C29H29F2N3O4S/c1-29(2,3)38-28(36)33-19-10-12-34(13-11-19)27(35)25-16-20(17-6-8-23(32-4)21(30)14-17)26(39-25)18-7-9-24(37-5)22(31)15-18/h6-9,14-16,19H,10-13H2,1-3,5H3,(H,33,36). The largest absolute Gasteiger partial charge is 0.494 e. The Kier molecular flexibility index (Phi) is 8.21. The van der Waals surface area contributed by atoms with E-state index in [0.29, 0.717) is 52.4 Å². The van der Waals surface area contributed by atoms with Crippen LogP contribution in [0, 0.1) is 18.2 Å². The minimum atomic E-state index is -0.673. The van der Waals surface area contributed by atoms with Crippen molar-refractivity contribution >= 4 is 29.0 Å². The summed E-state index contributed by atoms with van der Waals surface area (Å²) in [5, 5.41) is 2.86. The van der Waals surface area contributed by atoms with Gasteiger partial charge in [0.25, 0.3) is 5.91 Å². The van der Waals surface area contributed by atoms with Gasteiger partial charge in [0.05, 0.1) is 18.6 Å². The lowest BCUT2D eigenvalue weighted by Crippen LogP contribution is -2.47. The fraction of sp³-hybridized carbons (Fsp3) is 0.345. The molecule has 7 nitrogen and oxygen atoms in total. The van der Waals surface area contributed by atoms with E-state index in [2.05, 4.69) is 10.2 Å². The van der Waals surface area contributed by atoms with Gasteiger partial charge in [0.2, 0.25) is 5.69 Å². The Hall–Kier alpha value is -3.97. The second-order valence-corrected chi connectivity index (χ2v) is 11.2. The van der Waals surface area contributed by atoms with Gasteiger partial charge in [-0.1, -0.05) is 12.1 Å². The lowest BCUT2D eigenvalue weighted by molar-refractivity contribution is 0.0474. The number of hydrogen-bond acceptors (Lipinski definition) is 5. The summed E-state index contributed by atoms with van der Waals surface area (Å²) in [4.78, 5) is 31.5. The van der Waals surface area contributed by atoms with E-state index < -0.39 is 23.3 Å². The molecule has 0 radical (unpaired) electrons. The smallest absolute Gasteiger partial charge is 0.407 e. The molecule has 1 aliphatic rings. The molecule has 0 spiro atoms. The molecule has 0 saturated carbocycles. The van der Waals surface area contributed by atoms with Crippen molar-refractivity contribution < 1.29 is 27.8 Å². The maximum Gasteiger partial charge on any atom is 0.407 e. The van der Waals surface area contributed by atoms with Crippen LogP contribution in [0.4, 0.5) is 19.3 Å². The maximum atomic E-state index is 14.6. The van der Waals surface area contributed by atoms with Crippen molar-refractivity contribution in [2.75, 3.05) is 20.2 Å². The summed E-state index contributed by atoms with van der Waals surface area (Å²) in [5.74, 6) is -1.34. The molecule has 1 aliphatic heterocycles. The molecule has 0 bridgehead atoms. The molecule has 1 fully saturated rings. The minimum Gasteiger partial charge on any atom is -0.494 e. The van der Waals surface area contributed by atoms with Crippen molar-refractivity contribution in [3.05, 3.63) is 70.4 Å². The number of rotatable bonds is 5. The van der Waals surface area contributed by atoms with Crippen LogP contribution in [0.2, 0.25) is 0 Å². The van der Waals surface area contributed by atoms with Crippen LogP contribution in [0.15, 0.2) is 42.5 Å². The van der Waals surface area contributed by atoms with Gasteiger partial charge in [0.15, 0.2) is 11.6 Å². The summed E-state index contributed by atoms with van der Waals surface area (Å²) in [7, 11) is 1.37. The lowest BCUT2D eigenvalue weighted by Gasteiger charge is -2.32. The molecule has 1 N–H and O–H groups in total. The molecule has 4 rings (SSSR count). The number of amides is 2. The fourth-order valence-corrected chi connectivity index (χ4v) is 5.50. The number of thiophene rings is 1. The van der Waals surface area contributed by atoms with Gasteiger partial charge in [0, 0.05) is 29.6 Å². The predicted molar refractivity (Wildman–Crippen MR) is 146 cm³/mol. The van der Waals surface area contributed by atoms with Crippen LogP contribution in [0.1, 0.15) is 43.3 Å². The highest BCUT2D eigenvalue weighted by Crippen LogP contribution is 2.42. The van der Waals surface area contributed by atoms with Gasteiger partial charge in [0.1, 0.15) is 11.4 Å². The molecule has 2 aromatic carbocycles. The third-order valence-electron chi connectivity index (χ3n) is 6.24. The first-order chi connectivity index (χ1) is 18.5. The number of alkyl carbamates (subject to hydrolysis) is 1. The van der Waals surface area contributed by atoms with Crippen LogP contribution >= 0.6 is 11.3 Å². The second-order valence-electron chi connectivity index (χ2n) is 10.2.